The third-order valence-electron chi connectivity index (χ3n) is 4.63. The van der Waals surface area contributed by atoms with Crippen LogP contribution in [0.15, 0.2) is 24.3 Å². The summed E-state index contributed by atoms with van der Waals surface area (Å²) in [6.45, 7) is 6.63. The highest BCUT2D eigenvalue weighted by Crippen LogP contribution is 2.14. The lowest BCUT2D eigenvalue weighted by atomic mass is 10.2. The van der Waals surface area contributed by atoms with Crippen LogP contribution in [0.3, 0.4) is 0 Å². The smallest absolute Gasteiger partial charge is 0.253 e. The van der Waals surface area contributed by atoms with Gasteiger partial charge in [0, 0.05) is 32.2 Å². The van der Waals surface area contributed by atoms with E-state index in [-0.39, 0.29) is 30.3 Å². The summed E-state index contributed by atoms with van der Waals surface area (Å²) >= 11 is 5.99. The number of piperazine rings is 1. The van der Waals surface area contributed by atoms with Gasteiger partial charge in [0.1, 0.15) is 0 Å². The molecule has 0 spiro atoms. The van der Waals surface area contributed by atoms with Gasteiger partial charge in [0.25, 0.3) is 5.91 Å². The van der Waals surface area contributed by atoms with Crippen molar-refractivity contribution in [2.24, 2.45) is 0 Å². The zero-order chi connectivity index (χ0) is 19.8. The molecule has 0 saturated carbocycles. The molecule has 1 aliphatic rings. The van der Waals surface area contributed by atoms with E-state index in [1.54, 1.807) is 29.2 Å². The molecular formula is C19H27ClN4O3. The maximum absolute atomic E-state index is 12.3. The van der Waals surface area contributed by atoms with Gasteiger partial charge in [-0.2, -0.15) is 0 Å². The summed E-state index contributed by atoms with van der Waals surface area (Å²) in [6.07, 6.45) is 0.897. The first-order valence-corrected chi connectivity index (χ1v) is 9.60. The van der Waals surface area contributed by atoms with Crippen molar-refractivity contribution in [2.75, 3.05) is 39.3 Å². The van der Waals surface area contributed by atoms with Gasteiger partial charge < -0.3 is 15.5 Å². The zero-order valence-corrected chi connectivity index (χ0v) is 16.6. The molecule has 0 radical (unpaired) electrons. The molecule has 1 aliphatic heterocycles. The number of halogens is 1. The Balaban J connectivity index is 1.72. The molecule has 8 heteroatoms. The molecule has 0 aromatic heterocycles. The Labute approximate surface area is 165 Å². The molecule has 1 heterocycles. The maximum Gasteiger partial charge on any atom is 0.253 e. The second-order valence-electron chi connectivity index (χ2n) is 6.70. The summed E-state index contributed by atoms with van der Waals surface area (Å²) in [7, 11) is 0. The average molecular weight is 395 g/mol. The molecule has 0 bridgehead atoms. The predicted molar refractivity (Wildman–Crippen MR) is 105 cm³/mol. The molecule has 148 valence electrons. The fourth-order valence-electron chi connectivity index (χ4n) is 2.79. The van der Waals surface area contributed by atoms with Gasteiger partial charge >= 0.3 is 0 Å². The SMILES string of the molecule is CCC(C)NC(=O)CN1CCN(C(=O)CNC(=O)c2ccccc2Cl)CC1. The van der Waals surface area contributed by atoms with E-state index in [0.29, 0.717) is 43.3 Å². The fourth-order valence-corrected chi connectivity index (χ4v) is 3.01. The molecule has 1 atom stereocenters. The molecule has 2 rings (SSSR count). The van der Waals surface area contributed by atoms with Crippen molar-refractivity contribution < 1.29 is 14.4 Å². The van der Waals surface area contributed by atoms with Gasteiger partial charge in [0.05, 0.1) is 23.7 Å². The second-order valence-corrected chi connectivity index (χ2v) is 7.10. The van der Waals surface area contributed by atoms with Crippen LogP contribution in [0.4, 0.5) is 0 Å². The minimum Gasteiger partial charge on any atom is -0.353 e. The van der Waals surface area contributed by atoms with Crippen molar-refractivity contribution in [3.05, 3.63) is 34.9 Å². The van der Waals surface area contributed by atoms with Gasteiger partial charge in [-0.05, 0) is 25.5 Å². The fraction of sp³-hybridized carbons (Fsp3) is 0.526. The number of rotatable bonds is 7. The molecular weight excluding hydrogens is 368 g/mol. The first-order chi connectivity index (χ1) is 12.9. The quantitative estimate of drug-likeness (QED) is 0.726. The third-order valence-corrected chi connectivity index (χ3v) is 4.96. The van der Waals surface area contributed by atoms with Gasteiger partial charge in [-0.1, -0.05) is 30.7 Å². The molecule has 7 nitrogen and oxygen atoms in total. The molecule has 27 heavy (non-hydrogen) atoms. The Hall–Kier alpha value is -2.12. The van der Waals surface area contributed by atoms with Crippen molar-refractivity contribution >= 4 is 29.3 Å². The number of carbonyl (C=O) groups excluding carboxylic acids is 3. The van der Waals surface area contributed by atoms with E-state index in [1.165, 1.54) is 0 Å². The van der Waals surface area contributed by atoms with Crippen LogP contribution >= 0.6 is 11.6 Å². The van der Waals surface area contributed by atoms with Crippen LogP contribution in [0.2, 0.25) is 5.02 Å². The van der Waals surface area contributed by atoms with E-state index in [4.69, 9.17) is 11.6 Å². The summed E-state index contributed by atoms with van der Waals surface area (Å²) in [6, 6.07) is 6.88. The highest BCUT2D eigenvalue weighted by molar-refractivity contribution is 6.33. The summed E-state index contributed by atoms with van der Waals surface area (Å²) in [5.41, 5.74) is 0.351. The zero-order valence-electron chi connectivity index (χ0n) is 15.8. The van der Waals surface area contributed by atoms with Gasteiger partial charge in [0.2, 0.25) is 11.8 Å². The van der Waals surface area contributed by atoms with Crippen molar-refractivity contribution in [1.82, 2.24) is 20.4 Å². The number of amides is 3. The summed E-state index contributed by atoms with van der Waals surface area (Å²) < 4.78 is 0. The number of hydrogen-bond donors (Lipinski definition) is 2. The van der Waals surface area contributed by atoms with Crippen molar-refractivity contribution in [3.8, 4) is 0 Å². The topological polar surface area (TPSA) is 81.8 Å². The molecule has 1 fully saturated rings. The summed E-state index contributed by atoms with van der Waals surface area (Å²) in [5.74, 6) is -0.496. The van der Waals surface area contributed by atoms with Crippen LogP contribution < -0.4 is 10.6 Å². The summed E-state index contributed by atoms with van der Waals surface area (Å²) in [4.78, 5) is 40.1. The van der Waals surface area contributed by atoms with Crippen LogP contribution in [-0.4, -0.2) is 72.8 Å². The number of nitrogens with zero attached hydrogens (tertiary/aromatic N) is 2. The minimum absolute atomic E-state index is 0.0103. The van der Waals surface area contributed by atoms with E-state index >= 15 is 0 Å². The van der Waals surface area contributed by atoms with Crippen LogP contribution in [-0.2, 0) is 9.59 Å². The van der Waals surface area contributed by atoms with Crippen LogP contribution in [0.25, 0.3) is 0 Å². The lowest BCUT2D eigenvalue weighted by Gasteiger charge is -2.34. The van der Waals surface area contributed by atoms with Crippen molar-refractivity contribution in [1.29, 1.82) is 0 Å². The van der Waals surface area contributed by atoms with E-state index in [9.17, 15) is 14.4 Å². The first kappa shape index (κ1) is 21.2. The van der Waals surface area contributed by atoms with E-state index < -0.39 is 0 Å². The molecule has 1 unspecified atom stereocenters. The van der Waals surface area contributed by atoms with Crippen molar-refractivity contribution in [2.45, 2.75) is 26.3 Å². The van der Waals surface area contributed by atoms with Crippen LogP contribution in [0.1, 0.15) is 30.6 Å². The highest BCUT2D eigenvalue weighted by atomic mass is 35.5. The Morgan fingerprint density at radius 1 is 1.15 bits per heavy atom. The van der Waals surface area contributed by atoms with Gasteiger partial charge in [-0.3, -0.25) is 19.3 Å². The first-order valence-electron chi connectivity index (χ1n) is 9.23. The van der Waals surface area contributed by atoms with Gasteiger partial charge in [-0.25, -0.2) is 0 Å². The largest absolute Gasteiger partial charge is 0.353 e. The normalized spacial score (nSPS) is 15.9. The molecule has 1 aromatic carbocycles. The second kappa shape index (κ2) is 10.3. The molecule has 1 saturated heterocycles. The lowest BCUT2D eigenvalue weighted by Crippen LogP contribution is -2.53. The molecule has 1 aromatic rings. The van der Waals surface area contributed by atoms with Gasteiger partial charge in [-0.15, -0.1) is 0 Å². The Kier molecular flexibility index (Phi) is 8.06. The third kappa shape index (κ3) is 6.52. The summed E-state index contributed by atoms with van der Waals surface area (Å²) in [5, 5.41) is 5.91. The number of benzene rings is 1. The van der Waals surface area contributed by atoms with E-state index in [1.807, 2.05) is 18.7 Å². The Morgan fingerprint density at radius 3 is 2.44 bits per heavy atom. The standard InChI is InChI=1S/C19H27ClN4O3/c1-3-14(2)22-17(25)13-23-8-10-24(11-9-23)18(26)12-21-19(27)15-6-4-5-7-16(15)20/h4-7,14H,3,8-13H2,1-2H3,(H,21,27)(H,22,25). The number of carbonyl (C=O) groups is 3. The van der Waals surface area contributed by atoms with Crippen LogP contribution in [0, 0.1) is 0 Å². The van der Waals surface area contributed by atoms with Gasteiger partial charge in [0.15, 0.2) is 0 Å². The monoisotopic (exact) mass is 394 g/mol. The average Bonchev–Trinajstić information content (AvgIpc) is 2.66. The molecule has 2 N–H and O–H groups in total. The Bertz CT molecular complexity index is 675. The van der Waals surface area contributed by atoms with Crippen molar-refractivity contribution in [3.63, 3.8) is 0 Å². The molecule has 3 amide bonds. The number of hydrogen-bond acceptors (Lipinski definition) is 4. The van der Waals surface area contributed by atoms with E-state index in [2.05, 4.69) is 10.6 Å². The minimum atomic E-state index is -0.366. The number of nitrogens with one attached hydrogen (secondary N) is 2. The predicted octanol–water partition coefficient (Wildman–Crippen LogP) is 1.13. The molecule has 0 aliphatic carbocycles. The highest BCUT2D eigenvalue weighted by Gasteiger charge is 2.23. The lowest BCUT2D eigenvalue weighted by molar-refractivity contribution is -0.132. The van der Waals surface area contributed by atoms with Crippen LogP contribution in [0.5, 0.6) is 0 Å². The van der Waals surface area contributed by atoms with E-state index in [0.717, 1.165) is 6.42 Å². The maximum atomic E-state index is 12.3. The Morgan fingerprint density at radius 2 is 1.81 bits per heavy atom.